The van der Waals surface area contributed by atoms with Crippen LogP contribution in [0.1, 0.15) is 24.8 Å². The van der Waals surface area contributed by atoms with Crippen LogP contribution in [0.2, 0.25) is 0 Å². The molecule has 0 bridgehead atoms. The molecule has 0 radical (unpaired) electrons. The fourth-order valence-electron chi connectivity index (χ4n) is 3.60. The lowest BCUT2D eigenvalue weighted by molar-refractivity contribution is -0.918. The molecule has 1 aliphatic heterocycles. The molecule has 0 amide bonds. The van der Waals surface area contributed by atoms with E-state index in [1.165, 1.54) is 30.4 Å². The first-order valence-electron chi connectivity index (χ1n) is 9.16. The molecule has 1 aromatic heterocycles. The summed E-state index contributed by atoms with van der Waals surface area (Å²) < 4.78 is 12.3. The molecule has 0 spiro atoms. The summed E-state index contributed by atoms with van der Waals surface area (Å²) >= 11 is 3.41. The van der Waals surface area contributed by atoms with E-state index in [9.17, 15) is 9.90 Å². The zero-order valence-electron chi connectivity index (χ0n) is 14.8. The summed E-state index contributed by atoms with van der Waals surface area (Å²) in [4.78, 5) is 14.3. The van der Waals surface area contributed by atoms with E-state index in [1.807, 2.05) is 18.2 Å². The molecule has 2 heterocycles. The highest BCUT2D eigenvalue weighted by atomic mass is 79.9. The van der Waals surface area contributed by atoms with Gasteiger partial charge in [0.25, 0.3) is 0 Å². The zero-order chi connectivity index (χ0) is 18.8. The number of piperidine rings is 1. The van der Waals surface area contributed by atoms with Crippen LogP contribution in [0.3, 0.4) is 0 Å². The standard InChI is InChI=1S/C21H20BrNO4/c22-16-6-2-3-7-18(16)27-19-13-26-21-14(20(19)25)8-9-17(24)15(21)12-23-10-4-1-5-11-23/h2-3,6-9,13,24H,1,4-5,10-12H2/p+1. The lowest BCUT2D eigenvalue weighted by Gasteiger charge is -2.24. The molecular formula is C21H21BrNO4+. The van der Waals surface area contributed by atoms with Crippen LogP contribution >= 0.6 is 15.9 Å². The number of phenols is 1. The summed E-state index contributed by atoms with van der Waals surface area (Å²) in [7, 11) is 0. The summed E-state index contributed by atoms with van der Waals surface area (Å²) in [6.07, 6.45) is 4.97. The first kappa shape index (κ1) is 18.1. The first-order valence-corrected chi connectivity index (χ1v) is 9.95. The number of hydrogen-bond acceptors (Lipinski definition) is 4. The maximum absolute atomic E-state index is 12.9. The van der Waals surface area contributed by atoms with E-state index < -0.39 is 0 Å². The van der Waals surface area contributed by atoms with Crippen molar-refractivity contribution in [2.75, 3.05) is 13.1 Å². The molecule has 0 saturated carbocycles. The van der Waals surface area contributed by atoms with E-state index in [-0.39, 0.29) is 16.9 Å². The van der Waals surface area contributed by atoms with Gasteiger partial charge in [0.05, 0.1) is 28.5 Å². The number of ether oxygens (including phenoxy) is 1. The average Bonchev–Trinajstić information content (AvgIpc) is 2.68. The van der Waals surface area contributed by atoms with E-state index in [4.69, 9.17) is 9.15 Å². The third-order valence-corrected chi connectivity index (χ3v) is 5.69. The lowest BCUT2D eigenvalue weighted by Crippen LogP contribution is -3.11. The second-order valence-electron chi connectivity index (χ2n) is 6.89. The van der Waals surface area contributed by atoms with E-state index in [0.29, 0.717) is 28.8 Å². The van der Waals surface area contributed by atoms with Crippen LogP contribution in [0.25, 0.3) is 11.0 Å². The van der Waals surface area contributed by atoms with E-state index >= 15 is 0 Å². The minimum Gasteiger partial charge on any atom is -0.507 e. The van der Waals surface area contributed by atoms with Crippen molar-refractivity contribution in [3.8, 4) is 17.2 Å². The van der Waals surface area contributed by atoms with Crippen molar-refractivity contribution in [3.63, 3.8) is 0 Å². The van der Waals surface area contributed by atoms with E-state index in [1.54, 1.807) is 18.2 Å². The topological polar surface area (TPSA) is 64.1 Å². The van der Waals surface area contributed by atoms with Gasteiger partial charge in [-0.25, -0.2) is 0 Å². The molecule has 1 aliphatic rings. The summed E-state index contributed by atoms with van der Waals surface area (Å²) in [5, 5.41) is 10.8. The second kappa shape index (κ2) is 7.74. The van der Waals surface area contributed by atoms with Gasteiger partial charge in [-0.1, -0.05) is 12.1 Å². The number of benzene rings is 2. The summed E-state index contributed by atoms with van der Waals surface area (Å²) in [6.45, 7) is 2.79. The average molecular weight is 431 g/mol. The fourth-order valence-corrected chi connectivity index (χ4v) is 3.96. The normalized spacial score (nSPS) is 15.1. The molecule has 140 valence electrons. The molecule has 4 rings (SSSR count). The van der Waals surface area contributed by atoms with Crippen LogP contribution in [0.5, 0.6) is 17.2 Å². The van der Waals surface area contributed by atoms with Crippen molar-refractivity contribution >= 4 is 26.9 Å². The molecule has 5 nitrogen and oxygen atoms in total. The van der Waals surface area contributed by atoms with Gasteiger partial charge in [0.2, 0.25) is 11.2 Å². The Kier molecular flexibility index (Phi) is 5.18. The number of likely N-dealkylation sites (tertiary alicyclic amines) is 1. The van der Waals surface area contributed by atoms with Gasteiger partial charge in [-0.05, 0) is 59.5 Å². The predicted molar refractivity (Wildman–Crippen MR) is 107 cm³/mol. The fraction of sp³-hybridized carbons (Fsp3) is 0.286. The minimum absolute atomic E-state index is 0.122. The minimum atomic E-state index is -0.248. The van der Waals surface area contributed by atoms with Crippen molar-refractivity contribution in [1.29, 1.82) is 0 Å². The van der Waals surface area contributed by atoms with Crippen LogP contribution < -0.4 is 15.1 Å². The van der Waals surface area contributed by atoms with Crippen molar-refractivity contribution in [2.24, 2.45) is 0 Å². The zero-order valence-corrected chi connectivity index (χ0v) is 16.4. The largest absolute Gasteiger partial charge is 0.507 e. The third-order valence-electron chi connectivity index (χ3n) is 5.03. The van der Waals surface area contributed by atoms with Crippen molar-refractivity contribution in [2.45, 2.75) is 25.8 Å². The van der Waals surface area contributed by atoms with Crippen LogP contribution in [-0.4, -0.2) is 18.2 Å². The van der Waals surface area contributed by atoms with Gasteiger partial charge in [0.15, 0.2) is 5.58 Å². The summed E-state index contributed by atoms with van der Waals surface area (Å²) in [5.74, 6) is 0.834. The van der Waals surface area contributed by atoms with Crippen LogP contribution in [0.4, 0.5) is 0 Å². The molecule has 2 N–H and O–H groups in total. The number of fused-ring (bicyclic) bond motifs is 1. The van der Waals surface area contributed by atoms with Crippen molar-refractivity contribution < 1.29 is 19.2 Å². The number of para-hydroxylation sites is 1. The summed E-state index contributed by atoms with van der Waals surface area (Å²) in [5.41, 5.74) is 0.883. The molecule has 27 heavy (non-hydrogen) atoms. The molecule has 1 saturated heterocycles. The second-order valence-corrected chi connectivity index (χ2v) is 7.74. The maximum atomic E-state index is 12.9. The SMILES string of the molecule is O=c1c(Oc2ccccc2Br)coc2c(C[NH+]3CCCCC3)c(O)ccc12. The first-order chi connectivity index (χ1) is 13.1. The summed E-state index contributed by atoms with van der Waals surface area (Å²) in [6, 6.07) is 10.5. The molecule has 1 fully saturated rings. The molecule has 0 aliphatic carbocycles. The quantitative estimate of drug-likeness (QED) is 0.663. The number of halogens is 1. The maximum Gasteiger partial charge on any atom is 0.235 e. The van der Waals surface area contributed by atoms with Gasteiger partial charge in [0.1, 0.15) is 24.3 Å². The predicted octanol–water partition coefficient (Wildman–Crippen LogP) is 3.62. The molecule has 0 unspecified atom stereocenters. The van der Waals surface area contributed by atoms with Gasteiger partial charge >= 0.3 is 0 Å². The molecular weight excluding hydrogens is 410 g/mol. The highest BCUT2D eigenvalue weighted by Crippen LogP contribution is 2.30. The van der Waals surface area contributed by atoms with Gasteiger partial charge in [0, 0.05) is 0 Å². The van der Waals surface area contributed by atoms with Gasteiger partial charge < -0.3 is 19.2 Å². The van der Waals surface area contributed by atoms with Crippen LogP contribution in [0, 0.1) is 0 Å². The van der Waals surface area contributed by atoms with E-state index in [2.05, 4.69) is 15.9 Å². The molecule has 0 atom stereocenters. The Morgan fingerprint density at radius 1 is 1.07 bits per heavy atom. The number of phenolic OH excluding ortho intramolecular Hbond substituents is 1. The van der Waals surface area contributed by atoms with Crippen molar-refractivity contribution in [1.82, 2.24) is 0 Å². The Balaban J connectivity index is 1.72. The van der Waals surface area contributed by atoms with Gasteiger partial charge in [-0.3, -0.25) is 4.79 Å². The number of aromatic hydroxyl groups is 1. The Morgan fingerprint density at radius 2 is 1.85 bits per heavy atom. The van der Waals surface area contributed by atoms with E-state index in [0.717, 1.165) is 17.6 Å². The lowest BCUT2D eigenvalue weighted by atomic mass is 10.1. The monoisotopic (exact) mass is 430 g/mol. The number of nitrogens with one attached hydrogen (secondary N) is 1. The smallest absolute Gasteiger partial charge is 0.235 e. The van der Waals surface area contributed by atoms with Crippen molar-refractivity contribution in [3.05, 3.63) is 62.9 Å². The number of rotatable bonds is 4. The number of quaternary nitrogens is 1. The molecule has 2 aromatic carbocycles. The molecule has 6 heteroatoms. The Hall–Kier alpha value is -2.31. The van der Waals surface area contributed by atoms with Gasteiger partial charge in [-0.2, -0.15) is 0 Å². The Bertz CT molecular complexity index is 1020. The highest BCUT2D eigenvalue weighted by Gasteiger charge is 2.21. The van der Waals surface area contributed by atoms with Crippen LogP contribution in [0.15, 0.2) is 56.3 Å². The highest BCUT2D eigenvalue weighted by molar-refractivity contribution is 9.10. The Morgan fingerprint density at radius 3 is 2.63 bits per heavy atom. The van der Waals surface area contributed by atoms with Crippen LogP contribution in [-0.2, 0) is 6.54 Å². The van der Waals surface area contributed by atoms with Gasteiger partial charge in [-0.15, -0.1) is 0 Å². The number of hydrogen-bond donors (Lipinski definition) is 2. The Labute approximate surface area is 165 Å². The third kappa shape index (κ3) is 3.73. The molecule has 3 aromatic rings.